The molecule has 1 N–H and O–H groups in total. The van der Waals surface area contributed by atoms with Gasteiger partial charge >= 0.3 is 0 Å². The van der Waals surface area contributed by atoms with Gasteiger partial charge in [0.15, 0.2) is 0 Å². The first-order valence-electron chi connectivity index (χ1n) is 5.92. The number of para-hydroxylation sites is 1. The molecule has 0 aliphatic carbocycles. The van der Waals surface area contributed by atoms with Gasteiger partial charge in [-0.2, -0.15) is 0 Å². The largest absolute Gasteiger partial charge is 0.279 e. The number of hydrogen-bond acceptors (Lipinski definition) is 2. The normalized spacial score (nSPS) is 12.9. The lowest BCUT2D eigenvalue weighted by atomic mass is 10.1. The predicted molar refractivity (Wildman–Crippen MR) is 83.0 cm³/mol. The van der Waals surface area contributed by atoms with Gasteiger partial charge in [0, 0.05) is 0 Å². The first-order valence-corrected chi connectivity index (χ1v) is 8.22. The van der Waals surface area contributed by atoms with Crippen molar-refractivity contribution in [2.45, 2.75) is 17.2 Å². The molecule has 0 bridgehead atoms. The Bertz CT molecular complexity index is 715. The predicted octanol–water partition coefficient (Wildman–Crippen LogP) is 4.44. The second-order valence-electron chi connectivity index (χ2n) is 4.24. The molecule has 3 nitrogen and oxygen atoms in total. The van der Waals surface area contributed by atoms with Crippen molar-refractivity contribution in [1.29, 1.82) is 0 Å². The highest BCUT2D eigenvalue weighted by Crippen LogP contribution is 2.30. The highest BCUT2D eigenvalue weighted by Gasteiger charge is 2.19. The summed E-state index contributed by atoms with van der Waals surface area (Å²) in [6, 6.07) is 13.3. The van der Waals surface area contributed by atoms with Crippen molar-refractivity contribution >= 4 is 38.9 Å². The Balaban J connectivity index is 2.42. The molecule has 106 valence electrons. The third kappa shape index (κ3) is 3.26. The minimum absolute atomic E-state index is 0.0405. The van der Waals surface area contributed by atoms with E-state index in [1.807, 2.05) is 6.07 Å². The molecule has 2 aromatic rings. The van der Waals surface area contributed by atoms with E-state index in [9.17, 15) is 8.42 Å². The van der Waals surface area contributed by atoms with Crippen LogP contribution in [0.15, 0.2) is 53.4 Å². The maximum atomic E-state index is 12.4. The number of anilines is 1. The summed E-state index contributed by atoms with van der Waals surface area (Å²) in [5.74, 6) is 0. The zero-order valence-electron chi connectivity index (χ0n) is 10.7. The van der Waals surface area contributed by atoms with Gasteiger partial charge in [0.2, 0.25) is 0 Å². The Labute approximate surface area is 128 Å². The molecule has 0 spiro atoms. The number of sulfonamides is 1. The third-order valence-electron chi connectivity index (χ3n) is 2.76. The van der Waals surface area contributed by atoms with Gasteiger partial charge in [-0.25, -0.2) is 8.42 Å². The maximum Gasteiger partial charge on any atom is 0.263 e. The standard InChI is InChI=1S/C14H13Cl2NO2S/c1-10(15)11-6-2-4-8-13(11)17-20(18,19)14-9-5-3-7-12(14)16/h2-10,17H,1H3. The Morgan fingerprint density at radius 3 is 2.30 bits per heavy atom. The summed E-state index contributed by atoms with van der Waals surface area (Å²) >= 11 is 12.0. The molecule has 6 heteroatoms. The fraction of sp³-hybridized carbons (Fsp3) is 0.143. The molecule has 1 atom stereocenters. The molecule has 0 amide bonds. The average molecular weight is 330 g/mol. The van der Waals surface area contributed by atoms with Gasteiger partial charge < -0.3 is 0 Å². The molecular weight excluding hydrogens is 317 g/mol. The van der Waals surface area contributed by atoms with E-state index in [-0.39, 0.29) is 15.3 Å². The molecule has 0 aromatic heterocycles. The van der Waals surface area contributed by atoms with Gasteiger partial charge in [-0.05, 0) is 30.7 Å². The van der Waals surface area contributed by atoms with Gasteiger partial charge in [0.25, 0.3) is 10.0 Å². The van der Waals surface area contributed by atoms with Crippen LogP contribution in [0, 0.1) is 0 Å². The molecule has 0 saturated carbocycles. The third-order valence-corrected chi connectivity index (χ3v) is 4.86. The van der Waals surface area contributed by atoms with Crippen LogP contribution in [0.25, 0.3) is 0 Å². The average Bonchev–Trinajstić information content (AvgIpc) is 2.39. The SMILES string of the molecule is CC(Cl)c1ccccc1NS(=O)(=O)c1ccccc1Cl. The van der Waals surface area contributed by atoms with Crippen molar-refractivity contribution in [1.82, 2.24) is 0 Å². The highest BCUT2D eigenvalue weighted by atomic mass is 35.5. The first kappa shape index (κ1) is 15.2. The molecule has 0 heterocycles. The summed E-state index contributed by atoms with van der Waals surface area (Å²) < 4.78 is 27.2. The van der Waals surface area contributed by atoms with E-state index in [0.717, 1.165) is 0 Å². The van der Waals surface area contributed by atoms with Gasteiger partial charge in [-0.15, -0.1) is 11.6 Å². The number of nitrogens with one attached hydrogen (secondary N) is 1. The zero-order chi connectivity index (χ0) is 14.8. The molecule has 0 fully saturated rings. The second-order valence-corrected chi connectivity index (χ2v) is 6.95. The monoisotopic (exact) mass is 329 g/mol. The minimum atomic E-state index is -3.74. The van der Waals surface area contributed by atoms with Crippen molar-refractivity contribution in [2.24, 2.45) is 0 Å². The fourth-order valence-corrected chi connectivity index (χ4v) is 3.60. The van der Waals surface area contributed by atoms with E-state index in [4.69, 9.17) is 23.2 Å². The molecule has 0 saturated heterocycles. The lowest BCUT2D eigenvalue weighted by molar-refractivity contribution is 0.601. The summed E-state index contributed by atoms with van der Waals surface area (Å²) in [5.41, 5.74) is 1.17. The molecule has 0 aliphatic heterocycles. The highest BCUT2D eigenvalue weighted by molar-refractivity contribution is 7.92. The quantitative estimate of drug-likeness (QED) is 0.843. The molecule has 1 unspecified atom stereocenters. The second kappa shape index (κ2) is 6.04. The van der Waals surface area contributed by atoms with Crippen molar-refractivity contribution in [3.8, 4) is 0 Å². The molecule has 2 aromatic carbocycles. The van der Waals surface area contributed by atoms with Crippen molar-refractivity contribution in [3.05, 3.63) is 59.1 Å². The Morgan fingerprint density at radius 1 is 1.05 bits per heavy atom. The van der Waals surface area contributed by atoms with Gasteiger partial charge in [-0.1, -0.05) is 41.9 Å². The fourth-order valence-electron chi connectivity index (χ4n) is 1.80. The van der Waals surface area contributed by atoms with E-state index < -0.39 is 10.0 Å². The van der Waals surface area contributed by atoms with Gasteiger partial charge in [0.05, 0.1) is 16.1 Å². The van der Waals surface area contributed by atoms with Gasteiger partial charge in [-0.3, -0.25) is 4.72 Å². The Hall–Kier alpha value is -1.23. The van der Waals surface area contributed by atoms with Crippen LogP contribution in [-0.2, 0) is 10.0 Å². The van der Waals surface area contributed by atoms with E-state index in [0.29, 0.717) is 11.3 Å². The Kier molecular flexibility index (Phi) is 4.58. The van der Waals surface area contributed by atoms with E-state index in [2.05, 4.69) is 4.72 Å². The van der Waals surface area contributed by atoms with E-state index in [1.54, 1.807) is 37.3 Å². The van der Waals surface area contributed by atoms with Crippen molar-refractivity contribution < 1.29 is 8.42 Å². The topological polar surface area (TPSA) is 46.2 Å². The van der Waals surface area contributed by atoms with Gasteiger partial charge in [0.1, 0.15) is 4.90 Å². The summed E-state index contributed by atoms with van der Waals surface area (Å²) in [5, 5.41) is -0.128. The van der Waals surface area contributed by atoms with Crippen molar-refractivity contribution in [3.63, 3.8) is 0 Å². The van der Waals surface area contributed by atoms with Crippen LogP contribution in [0.5, 0.6) is 0 Å². The summed E-state index contributed by atoms with van der Waals surface area (Å²) in [7, 11) is -3.74. The van der Waals surface area contributed by atoms with Crippen LogP contribution in [0.2, 0.25) is 5.02 Å². The van der Waals surface area contributed by atoms with Crippen LogP contribution in [0.3, 0.4) is 0 Å². The minimum Gasteiger partial charge on any atom is -0.279 e. The molecule has 20 heavy (non-hydrogen) atoms. The zero-order valence-corrected chi connectivity index (χ0v) is 13.0. The van der Waals surface area contributed by atoms with Crippen LogP contribution < -0.4 is 4.72 Å². The van der Waals surface area contributed by atoms with Crippen LogP contribution >= 0.6 is 23.2 Å². The molecule has 0 aliphatic rings. The Morgan fingerprint density at radius 2 is 1.65 bits per heavy atom. The number of benzene rings is 2. The lowest BCUT2D eigenvalue weighted by Crippen LogP contribution is -2.14. The lowest BCUT2D eigenvalue weighted by Gasteiger charge is -2.14. The first-order chi connectivity index (χ1) is 9.42. The van der Waals surface area contributed by atoms with Crippen LogP contribution in [-0.4, -0.2) is 8.42 Å². The van der Waals surface area contributed by atoms with E-state index in [1.165, 1.54) is 12.1 Å². The number of hydrogen-bond donors (Lipinski definition) is 1. The summed E-state index contributed by atoms with van der Waals surface area (Å²) in [6.45, 7) is 1.78. The molecule has 2 rings (SSSR count). The summed E-state index contributed by atoms with van der Waals surface area (Å²) in [6.07, 6.45) is 0. The number of alkyl halides is 1. The summed E-state index contributed by atoms with van der Waals surface area (Å²) in [4.78, 5) is 0.0405. The number of rotatable bonds is 4. The number of halogens is 2. The molecule has 0 radical (unpaired) electrons. The van der Waals surface area contributed by atoms with E-state index >= 15 is 0 Å². The van der Waals surface area contributed by atoms with Crippen molar-refractivity contribution in [2.75, 3.05) is 4.72 Å². The maximum absolute atomic E-state index is 12.4. The smallest absolute Gasteiger partial charge is 0.263 e. The van der Waals surface area contributed by atoms with Crippen LogP contribution in [0.1, 0.15) is 17.9 Å². The van der Waals surface area contributed by atoms with Crippen LogP contribution in [0.4, 0.5) is 5.69 Å². The molecular formula is C14H13Cl2NO2S.